The first kappa shape index (κ1) is 17.3. The molecule has 1 aliphatic heterocycles. The van der Waals surface area contributed by atoms with Gasteiger partial charge in [-0.15, -0.1) is 0 Å². The number of aromatic nitrogens is 2. The number of benzene rings is 1. The van der Waals surface area contributed by atoms with Crippen LogP contribution in [0.25, 0.3) is 0 Å². The molecule has 0 saturated carbocycles. The van der Waals surface area contributed by atoms with Crippen LogP contribution in [0.15, 0.2) is 30.5 Å². The first-order valence-corrected chi connectivity index (χ1v) is 8.72. The van der Waals surface area contributed by atoms with Crippen molar-refractivity contribution in [2.24, 2.45) is 7.05 Å². The van der Waals surface area contributed by atoms with Crippen molar-refractivity contribution in [2.45, 2.75) is 19.8 Å². The summed E-state index contributed by atoms with van der Waals surface area (Å²) in [6.07, 6.45) is 1.84. The Morgan fingerprint density at radius 1 is 1.16 bits per heavy atom. The van der Waals surface area contributed by atoms with Crippen molar-refractivity contribution in [2.75, 3.05) is 38.2 Å². The van der Waals surface area contributed by atoms with E-state index < -0.39 is 0 Å². The lowest BCUT2D eigenvalue weighted by Crippen LogP contribution is -2.49. The monoisotopic (exact) mass is 342 g/mol. The normalized spacial score (nSPS) is 14.9. The van der Waals surface area contributed by atoms with Crippen LogP contribution < -0.4 is 9.64 Å². The minimum atomic E-state index is 0.0801. The highest BCUT2D eigenvalue weighted by molar-refractivity contribution is 5.95. The number of hydrogen-bond donors (Lipinski definition) is 0. The standard InChI is InChI=1S/C19H26N4O2/c1-14(2)18-15(13-21(3)20-18)19(24)23-11-9-22(10-12-23)16-7-5-6-8-17(16)25-4/h5-8,13-14H,9-12H2,1-4H3. The van der Waals surface area contributed by atoms with Gasteiger partial charge in [0.1, 0.15) is 5.75 Å². The van der Waals surface area contributed by atoms with E-state index in [1.165, 1.54) is 0 Å². The number of aryl methyl sites for hydroxylation is 1. The fourth-order valence-corrected chi connectivity index (χ4v) is 3.31. The van der Waals surface area contributed by atoms with Crippen LogP contribution in [-0.2, 0) is 7.05 Å². The van der Waals surface area contributed by atoms with Crippen LogP contribution in [0.1, 0.15) is 35.8 Å². The molecular weight excluding hydrogens is 316 g/mol. The van der Waals surface area contributed by atoms with E-state index in [1.54, 1.807) is 11.8 Å². The van der Waals surface area contributed by atoms with Crippen LogP contribution in [0.3, 0.4) is 0 Å². The molecule has 1 aromatic heterocycles. The molecule has 0 radical (unpaired) electrons. The van der Waals surface area contributed by atoms with Gasteiger partial charge in [-0.25, -0.2) is 0 Å². The Morgan fingerprint density at radius 2 is 1.84 bits per heavy atom. The Morgan fingerprint density at radius 3 is 2.48 bits per heavy atom. The van der Waals surface area contributed by atoms with Crippen LogP contribution in [0, 0.1) is 0 Å². The Kier molecular flexibility index (Phi) is 4.97. The van der Waals surface area contributed by atoms with Gasteiger partial charge in [-0.2, -0.15) is 5.10 Å². The minimum absolute atomic E-state index is 0.0801. The number of para-hydroxylation sites is 2. The molecule has 0 unspecified atom stereocenters. The van der Waals surface area contributed by atoms with Crippen molar-refractivity contribution in [1.29, 1.82) is 0 Å². The molecule has 0 aliphatic carbocycles. The van der Waals surface area contributed by atoms with E-state index in [1.807, 2.05) is 36.3 Å². The second-order valence-electron chi connectivity index (χ2n) is 6.71. The molecule has 6 heteroatoms. The summed E-state index contributed by atoms with van der Waals surface area (Å²) in [4.78, 5) is 17.1. The van der Waals surface area contributed by atoms with Gasteiger partial charge in [0.25, 0.3) is 5.91 Å². The number of hydrogen-bond acceptors (Lipinski definition) is 4. The van der Waals surface area contributed by atoms with Gasteiger partial charge in [-0.1, -0.05) is 26.0 Å². The number of carbonyl (C=O) groups excluding carboxylic acids is 1. The summed E-state index contributed by atoms with van der Waals surface area (Å²) >= 11 is 0. The van der Waals surface area contributed by atoms with Gasteiger partial charge < -0.3 is 14.5 Å². The number of carbonyl (C=O) groups is 1. The topological polar surface area (TPSA) is 50.6 Å². The summed E-state index contributed by atoms with van der Waals surface area (Å²) in [7, 11) is 3.55. The lowest BCUT2D eigenvalue weighted by Gasteiger charge is -2.36. The average molecular weight is 342 g/mol. The summed E-state index contributed by atoms with van der Waals surface area (Å²) in [6, 6.07) is 8.02. The number of rotatable bonds is 4. The summed E-state index contributed by atoms with van der Waals surface area (Å²) in [5.74, 6) is 1.18. The Labute approximate surface area is 149 Å². The minimum Gasteiger partial charge on any atom is -0.495 e. The fourth-order valence-electron chi connectivity index (χ4n) is 3.31. The molecule has 134 valence electrons. The van der Waals surface area contributed by atoms with Gasteiger partial charge in [0, 0.05) is 39.4 Å². The van der Waals surface area contributed by atoms with Crippen LogP contribution in [0.5, 0.6) is 5.75 Å². The summed E-state index contributed by atoms with van der Waals surface area (Å²) in [5, 5.41) is 4.45. The smallest absolute Gasteiger partial charge is 0.257 e. The molecule has 1 aliphatic rings. The lowest BCUT2D eigenvalue weighted by molar-refractivity contribution is 0.0745. The Hall–Kier alpha value is -2.50. The molecule has 0 N–H and O–H groups in total. The van der Waals surface area contributed by atoms with Gasteiger partial charge in [0.2, 0.25) is 0 Å². The number of anilines is 1. The third kappa shape index (κ3) is 3.48. The molecule has 6 nitrogen and oxygen atoms in total. The molecule has 2 heterocycles. The molecule has 2 aromatic rings. The number of methoxy groups -OCH3 is 1. The van der Waals surface area contributed by atoms with Crippen LogP contribution in [-0.4, -0.2) is 53.9 Å². The van der Waals surface area contributed by atoms with Gasteiger partial charge in [0.05, 0.1) is 24.1 Å². The summed E-state index contributed by atoms with van der Waals surface area (Å²) in [6.45, 7) is 7.12. The van der Waals surface area contributed by atoms with Crippen molar-refractivity contribution >= 4 is 11.6 Å². The molecular formula is C19H26N4O2. The Bertz CT molecular complexity index is 746. The molecule has 1 aromatic carbocycles. The lowest BCUT2D eigenvalue weighted by atomic mass is 10.1. The zero-order valence-corrected chi connectivity index (χ0v) is 15.4. The van der Waals surface area contributed by atoms with E-state index >= 15 is 0 Å². The van der Waals surface area contributed by atoms with E-state index in [9.17, 15) is 4.79 Å². The largest absolute Gasteiger partial charge is 0.495 e. The van der Waals surface area contributed by atoms with Crippen molar-refractivity contribution in [3.63, 3.8) is 0 Å². The second kappa shape index (κ2) is 7.17. The highest BCUT2D eigenvalue weighted by Crippen LogP contribution is 2.28. The maximum atomic E-state index is 12.9. The van der Waals surface area contributed by atoms with Crippen molar-refractivity contribution in [1.82, 2.24) is 14.7 Å². The summed E-state index contributed by atoms with van der Waals surface area (Å²) < 4.78 is 7.18. The van der Waals surface area contributed by atoms with Gasteiger partial charge in [-0.05, 0) is 18.1 Å². The maximum absolute atomic E-state index is 12.9. The molecule has 3 rings (SSSR count). The van der Waals surface area contributed by atoms with Gasteiger partial charge in [-0.3, -0.25) is 9.48 Å². The van der Waals surface area contributed by atoms with Crippen LogP contribution in [0.4, 0.5) is 5.69 Å². The number of ether oxygens (including phenoxy) is 1. The molecule has 0 bridgehead atoms. The number of nitrogens with zero attached hydrogens (tertiary/aromatic N) is 4. The number of piperazine rings is 1. The third-order valence-electron chi connectivity index (χ3n) is 4.63. The van der Waals surface area contributed by atoms with E-state index in [0.717, 1.165) is 35.8 Å². The average Bonchev–Trinajstić information content (AvgIpc) is 3.03. The first-order chi connectivity index (χ1) is 12.0. The van der Waals surface area contributed by atoms with Crippen molar-refractivity contribution in [3.05, 3.63) is 41.7 Å². The van der Waals surface area contributed by atoms with E-state index in [-0.39, 0.29) is 11.8 Å². The van der Waals surface area contributed by atoms with Gasteiger partial charge >= 0.3 is 0 Å². The maximum Gasteiger partial charge on any atom is 0.257 e. The predicted molar refractivity (Wildman–Crippen MR) is 98.4 cm³/mol. The van der Waals surface area contributed by atoms with Crippen molar-refractivity contribution < 1.29 is 9.53 Å². The first-order valence-electron chi connectivity index (χ1n) is 8.72. The van der Waals surface area contributed by atoms with Crippen molar-refractivity contribution in [3.8, 4) is 5.75 Å². The second-order valence-corrected chi connectivity index (χ2v) is 6.71. The molecule has 25 heavy (non-hydrogen) atoms. The third-order valence-corrected chi connectivity index (χ3v) is 4.63. The highest BCUT2D eigenvalue weighted by atomic mass is 16.5. The van der Waals surface area contributed by atoms with E-state index in [4.69, 9.17) is 4.74 Å². The zero-order chi connectivity index (χ0) is 18.0. The van der Waals surface area contributed by atoms with E-state index in [0.29, 0.717) is 13.1 Å². The number of amides is 1. The molecule has 1 amide bonds. The van der Waals surface area contributed by atoms with Gasteiger partial charge in [0.15, 0.2) is 0 Å². The quantitative estimate of drug-likeness (QED) is 0.857. The predicted octanol–water partition coefficient (Wildman–Crippen LogP) is 2.51. The fraction of sp³-hybridized carbons (Fsp3) is 0.474. The van der Waals surface area contributed by atoms with Crippen LogP contribution >= 0.6 is 0 Å². The SMILES string of the molecule is COc1ccccc1N1CCN(C(=O)c2cn(C)nc2C(C)C)CC1. The molecule has 1 saturated heterocycles. The molecule has 0 atom stereocenters. The molecule has 0 spiro atoms. The van der Waals surface area contributed by atoms with E-state index in [2.05, 4.69) is 29.9 Å². The van der Waals surface area contributed by atoms with Crippen LogP contribution in [0.2, 0.25) is 0 Å². The zero-order valence-electron chi connectivity index (χ0n) is 15.4. The highest BCUT2D eigenvalue weighted by Gasteiger charge is 2.27. The molecule has 1 fully saturated rings. The Balaban J connectivity index is 1.71. The summed E-state index contributed by atoms with van der Waals surface area (Å²) in [5.41, 5.74) is 2.68.